The van der Waals surface area contributed by atoms with Crippen LogP contribution in [0.5, 0.6) is 0 Å². The molecule has 0 aromatic heterocycles. The molecule has 302 valence electrons. The second kappa shape index (κ2) is 19.7. The fourth-order valence-corrected chi connectivity index (χ4v) is 8.86. The maximum Gasteiger partial charge on any atom is 0.175 e. The van der Waals surface area contributed by atoms with Crippen LogP contribution in [0.2, 0.25) is 0 Å². The second-order valence-electron chi connectivity index (χ2n) is 17.9. The molecule has 2 unspecified atom stereocenters. The first-order valence-electron chi connectivity index (χ1n) is 21.1. The average molecular weight is 759 g/mol. The molecule has 2 heterocycles. The van der Waals surface area contributed by atoms with E-state index in [4.69, 9.17) is 9.47 Å². The van der Waals surface area contributed by atoms with Gasteiger partial charge in [-0.15, -0.1) is 0 Å². The lowest BCUT2D eigenvalue weighted by Crippen LogP contribution is -2.51. The van der Waals surface area contributed by atoms with E-state index >= 15 is 0 Å². The van der Waals surface area contributed by atoms with Gasteiger partial charge < -0.3 is 9.47 Å². The van der Waals surface area contributed by atoms with Crippen LogP contribution in [0.4, 0.5) is 0 Å². The molecule has 0 aromatic carbocycles. The van der Waals surface area contributed by atoms with E-state index in [1.807, 2.05) is 6.92 Å². The Bertz CT molecular complexity index is 1820. The van der Waals surface area contributed by atoms with Gasteiger partial charge in [-0.2, -0.15) is 0 Å². The van der Waals surface area contributed by atoms with Crippen LogP contribution >= 0.6 is 0 Å². The van der Waals surface area contributed by atoms with Crippen LogP contribution in [0.25, 0.3) is 0 Å². The van der Waals surface area contributed by atoms with E-state index < -0.39 is 0 Å². The van der Waals surface area contributed by atoms with E-state index in [-0.39, 0.29) is 22.7 Å². The normalized spacial score (nSPS) is 26.9. The minimum atomic E-state index is -0.0645. The Hall–Kier alpha value is -3.61. The fourth-order valence-electron chi connectivity index (χ4n) is 8.86. The molecule has 1 saturated carbocycles. The number of hydrogen-bond acceptors (Lipinski definition) is 5. The number of nitrogens with zero attached hydrogens (tertiary/aromatic N) is 2. The highest BCUT2D eigenvalue weighted by molar-refractivity contribution is 6.01. The molecule has 5 nitrogen and oxygen atoms in total. The summed E-state index contributed by atoms with van der Waals surface area (Å²) in [6.45, 7) is 29.2. The number of ketones is 1. The van der Waals surface area contributed by atoms with Crippen molar-refractivity contribution >= 4 is 5.78 Å². The van der Waals surface area contributed by atoms with Crippen molar-refractivity contribution in [1.82, 2.24) is 9.80 Å². The Kier molecular flexibility index (Phi) is 15.3. The van der Waals surface area contributed by atoms with Crippen LogP contribution in [0, 0.1) is 10.8 Å². The SMILES string of the molecule is CC1=C(/C=C/C(C)=C/C=C/C(C)=C/C=C/C=C(C)/C=C/C=C(C)/C=C/C2=C(C)C(=C3CC3)C(N3CCOCC3)CC2(C)C)C(C)(C)CC(N2CCOCC2)C1=O. The van der Waals surface area contributed by atoms with Gasteiger partial charge in [-0.3, -0.25) is 14.6 Å². The Morgan fingerprint density at radius 1 is 0.571 bits per heavy atom. The molecule has 0 radical (unpaired) electrons. The Balaban J connectivity index is 1.13. The van der Waals surface area contributed by atoms with Gasteiger partial charge in [0.25, 0.3) is 0 Å². The third-order valence-corrected chi connectivity index (χ3v) is 12.2. The zero-order chi connectivity index (χ0) is 40.5. The molecule has 0 aromatic rings. The van der Waals surface area contributed by atoms with Gasteiger partial charge in [0.1, 0.15) is 0 Å². The predicted molar refractivity (Wildman–Crippen MR) is 237 cm³/mol. The first-order valence-corrected chi connectivity index (χ1v) is 21.1. The summed E-state index contributed by atoms with van der Waals surface area (Å²) in [5.41, 5.74) is 13.2. The summed E-state index contributed by atoms with van der Waals surface area (Å²) in [5, 5.41) is 0. The van der Waals surface area contributed by atoms with Gasteiger partial charge in [0.15, 0.2) is 5.78 Å². The van der Waals surface area contributed by atoms with Gasteiger partial charge >= 0.3 is 0 Å². The van der Waals surface area contributed by atoms with E-state index in [2.05, 4.69) is 157 Å². The zero-order valence-corrected chi connectivity index (χ0v) is 36.3. The lowest BCUT2D eigenvalue weighted by atomic mass is 9.68. The molecule has 0 bridgehead atoms. The minimum Gasteiger partial charge on any atom is -0.379 e. The molecule has 3 aliphatic carbocycles. The minimum absolute atomic E-state index is 0.0414. The molecule has 2 atom stereocenters. The van der Waals surface area contributed by atoms with Crippen LogP contribution in [0.1, 0.15) is 94.9 Å². The Morgan fingerprint density at radius 2 is 0.964 bits per heavy atom. The number of Topliss-reactive ketones (excluding diaryl/α,β-unsaturated/α-hetero) is 1. The van der Waals surface area contributed by atoms with Gasteiger partial charge in [-0.25, -0.2) is 0 Å². The quantitative estimate of drug-likeness (QED) is 0.185. The first kappa shape index (κ1) is 43.5. The summed E-state index contributed by atoms with van der Waals surface area (Å²) < 4.78 is 11.2. The molecule has 5 aliphatic rings. The number of carbonyl (C=O) groups is 1. The largest absolute Gasteiger partial charge is 0.379 e. The molecule has 5 rings (SSSR count). The van der Waals surface area contributed by atoms with Crippen molar-refractivity contribution in [3.63, 3.8) is 0 Å². The molecular formula is C51H70N2O3. The van der Waals surface area contributed by atoms with E-state index in [1.165, 1.54) is 47.1 Å². The predicted octanol–water partition coefficient (Wildman–Crippen LogP) is 11.1. The smallest absolute Gasteiger partial charge is 0.175 e. The molecule has 56 heavy (non-hydrogen) atoms. The standard InChI is InChI=1S/C51H70N2O3/c1-37(17-13-19-39(3)21-25-44-41(5)48(43-23-24-43)46(35-50(44,7)8)52-27-31-55-32-28-52)15-11-12-16-38(2)18-14-20-40(4)22-26-45-42(6)49(54)47(36-51(45,9)10)53-29-33-56-34-30-53/h11-22,25-26,46-47H,23-24,27-36H2,1-10H3/b12-11+,17-13+,18-14+,25-21+,26-22+,37-15+,38-16+,39-19+,40-20+. The molecule has 0 spiro atoms. The maximum atomic E-state index is 13.4. The van der Waals surface area contributed by atoms with Gasteiger partial charge in [0.2, 0.25) is 0 Å². The number of hydrogen-bond donors (Lipinski definition) is 0. The number of carbonyl (C=O) groups excluding carboxylic acids is 1. The average Bonchev–Trinajstić information content (AvgIpc) is 4.00. The van der Waals surface area contributed by atoms with Crippen molar-refractivity contribution < 1.29 is 14.3 Å². The van der Waals surface area contributed by atoms with E-state index in [0.29, 0.717) is 19.3 Å². The molecule has 3 fully saturated rings. The Morgan fingerprint density at radius 3 is 1.43 bits per heavy atom. The van der Waals surface area contributed by atoms with Crippen molar-refractivity contribution in [2.24, 2.45) is 10.8 Å². The van der Waals surface area contributed by atoms with Gasteiger partial charge in [0.05, 0.1) is 32.5 Å². The number of morpholine rings is 2. The maximum absolute atomic E-state index is 13.4. The van der Waals surface area contributed by atoms with Gasteiger partial charge in [-0.05, 0) is 106 Å². The van der Waals surface area contributed by atoms with Crippen LogP contribution in [-0.4, -0.2) is 80.3 Å². The zero-order valence-electron chi connectivity index (χ0n) is 36.3. The summed E-state index contributed by atoms with van der Waals surface area (Å²) in [6, 6.07) is 0.482. The van der Waals surface area contributed by atoms with Crippen molar-refractivity contribution in [3.05, 3.63) is 141 Å². The molecule has 2 saturated heterocycles. The summed E-state index contributed by atoms with van der Waals surface area (Å²) >= 11 is 0. The number of ether oxygens (including phenoxy) is 2. The second-order valence-corrected chi connectivity index (χ2v) is 17.9. The summed E-state index contributed by atoms with van der Waals surface area (Å²) in [4.78, 5) is 18.3. The lowest BCUT2D eigenvalue weighted by Gasteiger charge is -2.45. The Labute approximate surface area is 340 Å². The number of rotatable bonds is 12. The first-order chi connectivity index (χ1) is 26.7. The fraction of sp³-hybridized carbons (Fsp3) is 0.510. The molecule has 2 aliphatic heterocycles. The topological polar surface area (TPSA) is 42.0 Å². The molecule has 0 amide bonds. The highest BCUT2D eigenvalue weighted by Crippen LogP contribution is 2.50. The lowest BCUT2D eigenvalue weighted by molar-refractivity contribution is -0.124. The van der Waals surface area contributed by atoms with Crippen molar-refractivity contribution in [2.45, 2.75) is 107 Å². The summed E-state index contributed by atoms with van der Waals surface area (Å²) in [7, 11) is 0. The third kappa shape index (κ3) is 11.7. The highest BCUT2D eigenvalue weighted by Gasteiger charge is 2.42. The van der Waals surface area contributed by atoms with E-state index in [9.17, 15) is 4.79 Å². The van der Waals surface area contributed by atoms with E-state index in [0.717, 1.165) is 62.5 Å². The van der Waals surface area contributed by atoms with Crippen LogP contribution in [0.3, 0.4) is 0 Å². The van der Waals surface area contributed by atoms with Crippen LogP contribution in [-0.2, 0) is 14.3 Å². The summed E-state index contributed by atoms with van der Waals surface area (Å²) in [6.07, 6.45) is 34.9. The third-order valence-electron chi connectivity index (χ3n) is 12.2. The highest BCUT2D eigenvalue weighted by atomic mass is 16.5. The van der Waals surface area contributed by atoms with Crippen molar-refractivity contribution in [2.75, 3.05) is 52.6 Å². The van der Waals surface area contributed by atoms with Crippen LogP contribution < -0.4 is 0 Å². The molecule has 5 heteroatoms. The molecule has 0 N–H and O–H groups in total. The van der Waals surface area contributed by atoms with Gasteiger partial charge in [-0.1, -0.05) is 141 Å². The summed E-state index contributed by atoms with van der Waals surface area (Å²) in [5.74, 6) is 0.267. The monoisotopic (exact) mass is 759 g/mol. The van der Waals surface area contributed by atoms with Crippen LogP contribution in [0.15, 0.2) is 141 Å². The van der Waals surface area contributed by atoms with Gasteiger partial charge in [0, 0.05) is 32.2 Å². The molecular weight excluding hydrogens is 689 g/mol. The number of allylic oxidation sites excluding steroid dienone is 21. The van der Waals surface area contributed by atoms with Crippen molar-refractivity contribution in [1.29, 1.82) is 0 Å². The van der Waals surface area contributed by atoms with E-state index in [1.54, 1.807) is 11.1 Å². The van der Waals surface area contributed by atoms with Crippen molar-refractivity contribution in [3.8, 4) is 0 Å².